The van der Waals surface area contributed by atoms with Crippen LogP contribution in [0.4, 0.5) is 32.2 Å². The number of aromatic nitrogens is 6. The second-order valence-electron chi connectivity index (χ2n) is 7.97. The van der Waals surface area contributed by atoms with Crippen LogP contribution in [0, 0.1) is 0 Å². The molecule has 0 spiro atoms. The number of anilines is 1. The van der Waals surface area contributed by atoms with Crippen molar-refractivity contribution in [3.63, 3.8) is 0 Å². The van der Waals surface area contributed by atoms with E-state index < -0.39 is 29.8 Å². The Bertz CT molecular complexity index is 1540. The zero-order chi connectivity index (χ0) is 26.7. The van der Waals surface area contributed by atoms with Crippen LogP contribution in [-0.4, -0.2) is 29.5 Å². The third-order valence-electron chi connectivity index (χ3n) is 5.55. The number of rotatable bonds is 3. The quantitative estimate of drug-likeness (QED) is 0.284. The first kappa shape index (κ1) is 25.1. The van der Waals surface area contributed by atoms with E-state index in [-0.39, 0.29) is 33.1 Å². The summed E-state index contributed by atoms with van der Waals surface area (Å²) in [6, 6.07) is 7.58. The van der Waals surface area contributed by atoms with Crippen LogP contribution >= 0.6 is 23.2 Å². The van der Waals surface area contributed by atoms with Crippen LogP contribution in [0.3, 0.4) is 0 Å². The van der Waals surface area contributed by atoms with E-state index >= 15 is 0 Å². The lowest BCUT2D eigenvalue weighted by Crippen LogP contribution is -2.26. The van der Waals surface area contributed by atoms with Crippen LogP contribution in [-0.2, 0) is 12.4 Å². The maximum absolute atomic E-state index is 13.5. The molecule has 1 aromatic carbocycles. The van der Waals surface area contributed by atoms with Crippen molar-refractivity contribution in [1.29, 1.82) is 0 Å². The number of nitrogens with one attached hydrogen (secondary N) is 1. The van der Waals surface area contributed by atoms with E-state index in [9.17, 15) is 26.3 Å². The van der Waals surface area contributed by atoms with Gasteiger partial charge in [-0.25, -0.2) is 14.6 Å². The van der Waals surface area contributed by atoms with Crippen molar-refractivity contribution in [3.8, 4) is 5.82 Å². The van der Waals surface area contributed by atoms with Gasteiger partial charge < -0.3 is 5.32 Å². The molecule has 0 saturated heterocycles. The highest BCUT2D eigenvalue weighted by Gasteiger charge is 2.40. The van der Waals surface area contributed by atoms with E-state index in [1.54, 1.807) is 13.0 Å². The number of hydrogen-bond acceptors (Lipinski definition) is 5. The Morgan fingerprint density at radius 1 is 0.919 bits per heavy atom. The fraction of sp³-hybridized carbons (Fsp3) is 0.182. The van der Waals surface area contributed by atoms with Crippen molar-refractivity contribution in [1.82, 2.24) is 29.5 Å². The van der Waals surface area contributed by atoms with Gasteiger partial charge in [-0.3, -0.25) is 0 Å². The summed E-state index contributed by atoms with van der Waals surface area (Å²) in [5, 5.41) is 11.0. The van der Waals surface area contributed by atoms with Crippen molar-refractivity contribution in [2.24, 2.45) is 0 Å². The molecular formula is C22H13Cl2F6N7. The van der Waals surface area contributed by atoms with E-state index in [0.717, 1.165) is 33.9 Å². The lowest BCUT2D eigenvalue weighted by atomic mass is 9.95. The minimum absolute atomic E-state index is 0.0302. The van der Waals surface area contributed by atoms with Gasteiger partial charge in [0.2, 0.25) is 0 Å². The lowest BCUT2D eigenvalue weighted by molar-refractivity contribution is -0.142. The summed E-state index contributed by atoms with van der Waals surface area (Å²) in [6.45, 7) is 1.59. The summed E-state index contributed by atoms with van der Waals surface area (Å²) in [4.78, 5) is 7.87. The third kappa shape index (κ3) is 4.53. The van der Waals surface area contributed by atoms with Crippen molar-refractivity contribution in [3.05, 3.63) is 87.3 Å². The molecule has 0 amide bonds. The molecule has 15 heteroatoms. The second-order valence-corrected chi connectivity index (χ2v) is 8.79. The highest BCUT2D eigenvalue weighted by atomic mass is 35.5. The average molecular weight is 560 g/mol. The Kier molecular flexibility index (Phi) is 5.94. The molecule has 0 saturated carbocycles. The molecule has 1 N–H and O–H groups in total. The maximum Gasteiger partial charge on any atom is 0.435 e. The molecule has 0 fully saturated rings. The first-order valence-electron chi connectivity index (χ1n) is 10.4. The number of pyridine rings is 1. The molecule has 5 rings (SSSR count). The van der Waals surface area contributed by atoms with Gasteiger partial charge in [-0.05, 0) is 36.8 Å². The van der Waals surface area contributed by atoms with E-state index in [4.69, 9.17) is 23.2 Å². The monoisotopic (exact) mass is 559 g/mol. The fourth-order valence-electron chi connectivity index (χ4n) is 3.98. The molecule has 37 heavy (non-hydrogen) atoms. The molecule has 7 nitrogen and oxygen atoms in total. The van der Waals surface area contributed by atoms with Crippen LogP contribution in [0.1, 0.15) is 35.7 Å². The number of halogens is 8. The summed E-state index contributed by atoms with van der Waals surface area (Å²) >= 11 is 12.3. The van der Waals surface area contributed by atoms with Gasteiger partial charge in [-0.15, -0.1) is 0 Å². The number of allylic oxidation sites excluding steroid dienone is 2. The molecule has 0 bridgehead atoms. The van der Waals surface area contributed by atoms with Gasteiger partial charge in [0, 0.05) is 17.3 Å². The van der Waals surface area contributed by atoms with Crippen LogP contribution in [0.15, 0.2) is 54.5 Å². The van der Waals surface area contributed by atoms with Crippen molar-refractivity contribution in [2.45, 2.75) is 25.3 Å². The highest BCUT2D eigenvalue weighted by Crippen LogP contribution is 2.44. The Hall–Kier alpha value is -3.58. The predicted molar refractivity (Wildman–Crippen MR) is 122 cm³/mol. The van der Waals surface area contributed by atoms with Crippen molar-refractivity contribution < 1.29 is 26.3 Å². The predicted octanol–water partition coefficient (Wildman–Crippen LogP) is 6.65. The molecule has 1 aliphatic heterocycles. The number of benzene rings is 1. The summed E-state index contributed by atoms with van der Waals surface area (Å²) in [5.41, 5.74) is -1.26. The fourth-order valence-corrected chi connectivity index (χ4v) is 4.29. The van der Waals surface area contributed by atoms with E-state index in [1.807, 2.05) is 0 Å². The van der Waals surface area contributed by atoms with Crippen LogP contribution in [0.2, 0.25) is 10.0 Å². The number of fused-ring (bicyclic) bond motifs is 1. The third-order valence-corrected chi connectivity index (χ3v) is 6.29. The minimum Gasteiger partial charge on any atom is -0.344 e. The molecule has 0 unspecified atom stereocenters. The molecule has 4 aromatic rings. The zero-order valence-corrected chi connectivity index (χ0v) is 19.9. The summed E-state index contributed by atoms with van der Waals surface area (Å²) < 4.78 is 82.6. The maximum atomic E-state index is 13.5. The first-order valence-corrected chi connectivity index (χ1v) is 11.1. The van der Waals surface area contributed by atoms with Gasteiger partial charge >= 0.3 is 12.4 Å². The zero-order valence-electron chi connectivity index (χ0n) is 18.4. The molecule has 0 aliphatic carbocycles. The van der Waals surface area contributed by atoms with Crippen molar-refractivity contribution in [2.75, 3.05) is 5.32 Å². The van der Waals surface area contributed by atoms with Crippen LogP contribution in [0.25, 0.3) is 11.4 Å². The summed E-state index contributed by atoms with van der Waals surface area (Å²) in [6.07, 6.45) is -8.34. The van der Waals surface area contributed by atoms with Crippen LogP contribution < -0.4 is 5.32 Å². The van der Waals surface area contributed by atoms with Gasteiger partial charge in [-0.1, -0.05) is 35.3 Å². The normalized spacial score (nSPS) is 16.1. The molecule has 0 radical (unpaired) electrons. The molecule has 1 atom stereocenters. The SMILES string of the molecule is CC1=C(c2ncnn2-c2cccc(C(F)(F)F)n2)[C@@H](c2ccc(Cl)c(Cl)c2)n2nc(C(F)(F)F)cc2N1. The van der Waals surface area contributed by atoms with Crippen LogP contribution in [0.5, 0.6) is 0 Å². The van der Waals surface area contributed by atoms with E-state index in [2.05, 4.69) is 25.5 Å². The number of nitrogens with zero attached hydrogens (tertiary/aromatic N) is 6. The second kappa shape index (κ2) is 8.77. The lowest BCUT2D eigenvalue weighted by Gasteiger charge is -2.30. The summed E-state index contributed by atoms with van der Waals surface area (Å²) in [7, 11) is 0. The van der Waals surface area contributed by atoms with Gasteiger partial charge in [0.1, 0.15) is 23.9 Å². The molecule has 1 aliphatic rings. The van der Waals surface area contributed by atoms with E-state index in [0.29, 0.717) is 11.3 Å². The number of hydrogen-bond donors (Lipinski definition) is 1. The summed E-state index contributed by atoms with van der Waals surface area (Å²) in [5.74, 6) is -0.131. The van der Waals surface area contributed by atoms with Gasteiger partial charge in [0.15, 0.2) is 17.3 Å². The Balaban J connectivity index is 1.72. The Labute approximate surface area is 214 Å². The largest absolute Gasteiger partial charge is 0.435 e. The Morgan fingerprint density at radius 2 is 1.65 bits per heavy atom. The molecule has 3 aromatic heterocycles. The highest BCUT2D eigenvalue weighted by molar-refractivity contribution is 6.42. The van der Waals surface area contributed by atoms with Gasteiger partial charge in [0.05, 0.1) is 10.0 Å². The topological polar surface area (TPSA) is 73.5 Å². The Morgan fingerprint density at radius 3 is 2.32 bits per heavy atom. The minimum atomic E-state index is -4.73. The smallest absolute Gasteiger partial charge is 0.344 e. The number of alkyl halides is 6. The average Bonchev–Trinajstić information content (AvgIpc) is 3.46. The molecular weight excluding hydrogens is 547 g/mol. The first-order chi connectivity index (χ1) is 17.3. The van der Waals surface area contributed by atoms with Crippen molar-refractivity contribution >= 4 is 34.6 Å². The van der Waals surface area contributed by atoms with Gasteiger partial charge in [0.25, 0.3) is 0 Å². The van der Waals surface area contributed by atoms with Gasteiger partial charge in [-0.2, -0.15) is 41.2 Å². The van der Waals surface area contributed by atoms with E-state index in [1.165, 1.54) is 18.2 Å². The molecule has 4 heterocycles. The molecule has 192 valence electrons. The standard InChI is InChI=1S/C22H13Cl2F6N7/c1-10-18(20-31-9-32-37(20)16-4-2-3-14(34-16)21(25,26)27)19(11-5-6-12(23)13(24)7-11)36-17(33-10)8-15(35-36)22(28,29)30/h2-9,19,33H,1H3/t19-/m1/s1.